The van der Waals surface area contributed by atoms with Gasteiger partial charge in [-0.1, -0.05) is 36.4 Å². The topological polar surface area (TPSA) is 40.6 Å². The molecule has 26 heavy (non-hydrogen) atoms. The molecule has 0 saturated carbocycles. The van der Waals surface area contributed by atoms with Crippen LogP contribution in [0.1, 0.15) is 34.3 Å². The highest BCUT2D eigenvalue weighted by Gasteiger charge is 2.22. The van der Waals surface area contributed by atoms with Crippen LogP contribution in [0.2, 0.25) is 0 Å². The molecule has 2 aromatic carbocycles. The molecule has 0 N–H and O–H groups in total. The third-order valence-electron chi connectivity index (χ3n) is 5.01. The van der Waals surface area contributed by atoms with Crippen LogP contribution in [0.5, 0.6) is 0 Å². The van der Waals surface area contributed by atoms with Gasteiger partial charge in [0.25, 0.3) is 0 Å². The van der Waals surface area contributed by atoms with Gasteiger partial charge < -0.3 is 9.80 Å². The van der Waals surface area contributed by atoms with E-state index in [1.807, 2.05) is 36.1 Å². The number of ketones is 1. The van der Waals surface area contributed by atoms with Crippen LogP contribution in [0.4, 0.5) is 5.69 Å². The van der Waals surface area contributed by atoms with Crippen molar-refractivity contribution in [1.29, 1.82) is 0 Å². The second kappa shape index (κ2) is 8.17. The normalized spacial score (nSPS) is 14.4. The molecule has 1 fully saturated rings. The van der Waals surface area contributed by atoms with E-state index in [0.29, 0.717) is 13.1 Å². The lowest BCUT2D eigenvalue weighted by molar-refractivity contribution is -0.131. The van der Waals surface area contributed by atoms with Crippen molar-refractivity contribution in [2.75, 3.05) is 31.1 Å². The Labute approximate surface area is 155 Å². The van der Waals surface area contributed by atoms with E-state index < -0.39 is 0 Å². The van der Waals surface area contributed by atoms with Crippen molar-refractivity contribution in [3.63, 3.8) is 0 Å². The number of rotatable bonds is 5. The molecule has 0 aromatic heterocycles. The van der Waals surface area contributed by atoms with E-state index in [1.165, 1.54) is 11.3 Å². The summed E-state index contributed by atoms with van der Waals surface area (Å²) >= 11 is 0. The molecule has 3 rings (SSSR count). The Morgan fingerprint density at radius 1 is 0.885 bits per heavy atom. The fourth-order valence-corrected chi connectivity index (χ4v) is 3.44. The second-order valence-electron chi connectivity index (χ2n) is 6.94. The zero-order chi connectivity index (χ0) is 18.5. The van der Waals surface area contributed by atoms with Crippen molar-refractivity contribution >= 4 is 17.4 Å². The lowest BCUT2D eigenvalue weighted by Gasteiger charge is -2.36. The highest BCUT2D eigenvalue weighted by Crippen LogP contribution is 2.18. The summed E-state index contributed by atoms with van der Waals surface area (Å²) in [6, 6.07) is 16.0. The quantitative estimate of drug-likeness (QED) is 0.774. The number of nitrogens with zero attached hydrogens (tertiary/aromatic N) is 2. The zero-order valence-electron chi connectivity index (χ0n) is 15.6. The molecular weight excluding hydrogens is 324 g/mol. The third-order valence-corrected chi connectivity index (χ3v) is 5.01. The highest BCUT2D eigenvalue weighted by atomic mass is 16.2. The lowest BCUT2D eigenvalue weighted by Crippen LogP contribution is -2.48. The minimum Gasteiger partial charge on any atom is -0.368 e. The minimum absolute atomic E-state index is 0.0508. The van der Waals surface area contributed by atoms with Gasteiger partial charge in [0, 0.05) is 50.3 Å². The standard InChI is InChI=1S/C22H26N2O2/c1-17-6-5-8-19(16-17)23-12-14-24(15-13-23)22(26)11-10-21(25)20-9-4-3-7-18(20)2/h3-9,16H,10-15H2,1-2H3. The number of Topliss-reactive ketones (excluding diaryl/α,β-unsaturated/α-hetero) is 1. The van der Waals surface area contributed by atoms with E-state index in [4.69, 9.17) is 0 Å². The zero-order valence-corrected chi connectivity index (χ0v) is 15.6. The first-order valence-electron chi connectivity index (χ1n) is 9.23. The van der Waals surface area contributed by atoms with Crippen LogP contribution in [0.15, 0.2) is 48.5 Å². The van der Waals surface area contributed by atoms with E-state index in [1.54, 1.807) is 0 Å². The van der Waals surface area contributed by atoms with Gasteiger partial charge in [-0.2, -0.15) is 0 Å². The Balaban J connectivity index is 1.49. The molecule has 1 aliphatic rings. The fourth-order valence-electron chi connectivity index (χ4n) is 3.44. The molecule has 0 bridgehead atoms. The molecule has 1 heterocycles. The van der Waals surface area contributed by atoms with Gasteiger partial charge in [-0.3, -0.25) is 9.59 Å². The van der Waals surface area contributed by atoms with E-state index in [0.717, 1.165) is 24.2 Å². The predicted molar refractivity (Wildman–Crippen MR) is 105 cm³/mol. The Hall–Kier alpha value is -2.62. The van der Waals surface area contributed by atoms with Crippen LogP contribution in [-0.2, 0) is 4.79 Å². The van der Waals surface area contributed by atoms with Crippen molar-refractivity contribution in [3.8, 4) is 0 Å². The number of hydrogen-bond donors (Lipinski definition) is 0. The van der Waals surface area contributed by atoms with Crippen molar-refractivity contribution in [2.24, 2.45) is 0 Å². The highest BCUT2D eigenvalue weighted by molar-refractivity contribution is 5.99. The summed E-state index contributed by atoms with van der Waals surface area (Å²) in [7, 11) is 0. The summed E-state index contributed by atoms with van der Waals surface area (Å²) in [6.45, 7) is 7.12. The van der Waals surface area contributed by atoms with Crippen LogP contribution in [0, 0.1) is 13.8 Å². The van der Waals surface area contributed by atoms with Crippen molar-refractivity contribution in [2.45, 2.75) is 26.7 Å². The number of benzene rings is 2. The molecule has 2 aromatic rings. The molecule has 0 atom stereocenters. The number of amides is 1. The minimum atomic E-state index is 0.0508. The Morgan fingerprint density at radius 3 is 2.31 bits per heavy atom. The Kier molecular flexibility index (Phi) is 5.71. The van der Waals surface area contributed by atoms with Crippen molar-refractivity contribution in [1.82, 2.24) is 4.90 Å². The molecule has 0 radical (unpaired) electrons. The molecule has 0 unspecified atom stereocenters. The summed E-state index contributed by atoms with van der Waals surface area (Å²) in [5.41, 5.74) is 4.16. The average molecular weight is 350 g/mol. The van der Waals surface area contributed by atoms with Gasteiger partial charge in [0.2, 0.25) is 5.91 Å². The smallest absolute Gasteiger partial charge is 0.223 e. The number of aryl methyl sites for hydroxylation is 2. The van der Waals surface area contributed by atoms with E-state index in [9.17, 15) is 9.59 Å². The molecule has 1 aliphatic heterocycles. The number of carbonyl (C=O) groups excluding carboxylic acids is 2. The Morgan fingerprint density at radius 2 is 1.62 bits per heavy atom. The largest absolute Gasteiger partial charge is 0.368 e. The second-order valence-corrected chi connectivity index (χ2v) is 6.94. The maximum Gasteiger partial charge on any atom is 0.223 e. The summed E-state index contributed by atoms with van der Waals surface area (Å²) in [5, 5.41) is 0. The van der Waals surface area contributed by atoms with Gasteiger partial charge in [-0.05, 0) is 37.1 Å². The summed E-state index contributed by atoms with van der Waals surface area (Å²) in [6.07, 6.45) is 0.569. The fraction of sp³-hybridized carbons (Fsp3) is 0.364. The summed E-state index contributed by atoms with van der Waals surface area (Å²) < 4.78 is 0. The van der Waals surface area contributed by atoms with Crippen LogP contribution in [0.25, 0.3) is 0 Å². The first-order chi connectivity index (χ1) is 12.5. The van der Waals surface area contributed by atoms with Gasteiger partial charge in [-0.15, -0.1) is 0 Å². The van der Waals surface area contributed by atoms with Gasteiger partial charge in [-0.25, -0.2) is 0 Å². The molecule has 136 valence electrons. The van der Waals surface area contributed by atoms with Gasteiger partial charge in [0.1, 0.15) is 0 Å². The third kappa shape index (κ3) is 4.31. The maximum absolute atomic E-state index is 12.5. The van der Waals surface area contributed by atoms with Crippen LogP contribution in [-0.4, -0.2) is 42.8 Å². The molecule has 1 saturated heterocycles. The monoisotopic (exact) mass is 350 g/mol. The van der Waals surface area contributed by atoms with E-state index in [-0.39, 0.29) is 24.5 Å². The van der Waals surface area contributed by atoms with Gasteiger partial charge in [0.15, 0.2) is 5.78 Å². The number of carbonyl (C=O) groups is 2. The first kappa shape index (κ1) is 18.2. The van der Waals surface area contributed by atoms with Crippen molar-refractivity contribution in [3.05, 3.63) is 65.2 Å². The molecule has 0 spiro atoms. The molecular formula is C22H26N2O2. The van der Waals surface area contributed by atoms with Crippen molar-refractivity contribution < 1.29 is 9.59 Å². The predicted octanol–water partition coefficient (Wildman–Crippen LogP) is 3.62. The van der Waals surface area contributed by atoms with Crippen LogP contribution < -0.4 is 4.90 Å². The average Bonchev–Trinajstić information content (AvgIpc) is 2.66. The molecule has 4 nitrogen and oxygen atoms in total. The SMILES string of the molecule is Cc1cccc(N2CCN(C(=O)CCC(=O)c3ccccc3C)CC2)c1. The maximum atomic E-state index is 12.5. The number of piperazine rings is 1. The van der Waals surface area contributed by atoms with Gasteiger partial charge in [0.05, 0.1) is 0 Å². The molecule has 0 aliphatic carbocycles. The van der Waals surface area contributed by atoms with E-state index >= 15 is 0 Å². The molecule has 1 amide bonds. The lowest BCUT2D eigenvalue weighted by atomic mass is 10.0. The first-order valence-corrected chi connectivity index (χ1v) is 9.23. The van der Waals surface area contributed by atoms with Crippen LogP contribution >= 0.6 is 0 Å². The summed E-state index contributed by atoms with van der Waals surface area (Å²) in [4.78, 5) is 29.0. The van der Waals surface area contributed by atoms with Crippen LogP contribution in [0.3, 0.4) is 0 Å². The molecule has 4 heteroatoms. The summed E-state index contributed by atoms with van der Waals surface area (Å²) in [5.74, 6) is 0.130. The van der Waals surface area contributed by atoms with E-state index in [2.05, 4.69) is 36.1 Å². The Bertz CT molecular complexity index is 792. The number of anilines is 1. The number of hydrogen-bond acceptors (Lipinski definition) is 3. The van der Waals surface area contributed by atoms with Gasteiger partial charge >= 0.3 is 0 Å².